The minimum absolute atomic E-state index is 0.0205. The second-order valence-electron chi connectivity index (χ2n) is 15.4. The van der Waals surface area contributed by atoms with Crippen molar-refractivity contribution in [2.45, 2.75) is 110 Å². The molecule has 12 heteroatoms. The Kier molecular flexibility index (Phi) is 15.8. The molecule has 3 amide bonds. The molecule has 3 aromatic rings. The van der Waals surface area contributed by atoms with Gasteiger partial charge in [-0.05, 0) is 67.8 Å². The van der Waals surface area contributed by atoms with E-state index >= 15 is 0 Å². The number of hydrogen-bond donors (Lipinski definition) is 4. The summed E-state index contributed by atoms with van der Waals surface area (Å²) in [4.78, 5) is 60.9. The zero-order valence-electron chi connectivity index (χ0n) is 32.8. The van der Waals surface area contributed by atoms with Gasteiger partial charge in [0.05, 0.1) is 12.0 Å². The van der Waals surface area contributed by atoms with Gasteiger partial charge in [-0.25, -0.2) is 4.98 Å². The molecule has 1 aliphatic rings. The summed E-state index contributed by atoms with van der Waals surface area (Å²) in [6, 6.07) is 16.2. The maximum Gasteiger partial charge on any atom is 0.306 e. The number of carbonyl (C=O) groups is 4. The standard InChI is InChI=1S/C42H59N5O6S/c1-8-27(4)37(45-39(50)34-16-12-13-21-46(34)6)41(51)47(7)35(26(2)3)24-36(48)40-44-33(25-54-40)38(49)43-32(22-28(5)42(52)53)23-29-17-19-31(20-18-29)30-14-10-9-11-15-30/h9-11,14-15,17-20,25-28,32,34-37,48H,8,12-13,16,21-24H2,1-7H3,(H,43,49)(H,45,50)(H,52,53)/t27?,28-,32+,34+,35?,36+,37-/m0/s1. The number of aliphatic carboxylic acids is 1. The third-order valence-electron chi connectivity index (χ3n) is 10.9. The van der Waals surface area contributed by atoms with Gasteiger partial charge in [-0.3, -0.25) is 24.1 Å². The molecular weight excluding hydrogens is 703 g/mol. The van der Waals surface area contributed by atoms with Gasteiger partial charge < -0.3 is 25.7 Å². The lowest BCUT2D eigenvalue weighted by Crippen LogP contribution is -2.58. The van der Waals surface area contributed by atoms with Gasteiger partial charge in [0.25, 0.3) is 5.91 Å². The summed E-state index contributed by atoms with van der Waals surface area (Å²) in [5.41, 5.74) is 3.25. The molecule has 1 saturated heterocycles. The van der Waals surface area contributed by atoms with Crippen LogP contribution in [0.4, 0.5) is 0 Å². The summed E-state index contributed by atoms with van der Waals surface area (Å²) < 4.78 is 0. The number of thiazole rings is 1. The number of nitrogens with zero attached hydrogens (tertiary/aromatic N) is 3. The molecule has 0 spiro atoms. The van der Waals surface area contributed by atoms with E-state index in [0.717, 1.165) is 42.5 Å². The number of nitrogens with one attached hydrogen (secondary N) is 2. The Labute approximate surface area is 324 Å². The predicted octanol–water partition coefficient (Wildman–Crippen LogP) is 6.18. The van der Waals surface area contributed by atoms with Gasteiger partial charge in [0.2, 0.25) is 11.8 Å². The van der Waals surface area contributed by atoms with Crippen molar-refractivity contribution in [3.63, 3.8) is 0 Å². The van der Waals surface area contributed by atoms with Gasteiger partial charge in [-0.15, -0.1) is 11.3 Å². The molecule has 2 unspecified atom stereocenters. The van der Waals surface area contributed by atoms with Crippen molar-refractivity contribution in [1.29, 1.82) is 0 Å². The van der Waals surface area contributed by atoms with Crippen molar-refractivity contribution in [2.75, 3.05) is 20.6 Å². The first-order chi connectivity index (χ1) is 25.7. The van der Waals surface area contributed by atoms with E-state index in [0.29, 0.717) is 17.8 Å². The van der Waals surface area contributed by atoms with Crippen molar-refractivity contribution in [3.8, 4) is 11.1 Å². The summed E-state index contributed by atoms with van der Waals surface area (Å²) >= 11 is 1.17. The van der Waals surface area contributed by atoms with E-state index in [1.807, 2.05) is 89.3 Å². The highest BCUT2D eigenvalue weighted by atomic mass is 32.1. The van der Waals surface area contributed by atoms with Crippen LogP contribution in [0.15, 0.2) is 60.0 Å². The number of carbonyl (C=O) groups excluding carboxylic acids is 3. The maximum absolute atomic E-state index is 14.0. The van der Waals surface area contributed by atoms with Crippen LogP contribution in [0.3, 0.4) is 0 Å². The molecular formula is C42H59N5O6S. The molecule has 0 saturated carbocycles. The summed E-state index contributed by atoms with van der Waals surface area (Å²) in [6.45, 7) is 10.4. The molecule has 0 aliphatic carbocycles. The number of benzene rings is 2. The molecule has 7 atom stereocenters. The van der Waals surface area contributed by atoms with Crippen LogP contribution in [0.25, 0.3) is 11.1 Å². The fourth-order valence-electron chi connectivity index (χ4n) is 7.20. The van der Waals surface area contributed by atoms with Crippen molar-refractivity contribution < 1.29 is 29.4 Å². The number of aliphatic hydroxyl groups excluding tert-OH is 1. The molecule has 1 aromatic heterocycles. The number of rotatable bonds is 18. The average molecular weight is 762 g/mol. The molecule has 11 nitrogen and oxygen atoms in total. The van der Waals surface area contributed by atoms with Gasteiger partial charge >= 0.3 is 5.97 Å². The summed E-state index contributed by atoms with van der Waals surface area (Å²) in [6.07, 6.45) is 3.32. The Bertz CT molecular complexity index is 1680. The van der Waals surface area contributed by atoms with E-state index < -0.39 is 36.0 Å². The van der Waals surface area contributed by atoms with E-state index in [-0.39, 0.29) is 54.3 Å². The van der Waals surface area contributed by atoms with Crippen LogP contribution in [0, 0.1) is 17.8 Å². The molecule has 0 radical (unpaired) electrons. The van der Waals surface area contributed by atoms with Crippen molar-refractivity contribution in [2.24, 2.45) is 17.8 Å². The smallest absolute Gasteiger partial charge is 0.306 e. The van der Waals surface area contributed by atoms with Gasteiger partial charge in [-0.1, -0.05) is 102 Å². The summed E-state index contributed by atoms with van der Waals surface area (Å²) in [7, 11) is 3.67. The van der Waals surface area contributed by atoms with Crippen LogP contribution in [0.5, 0.6) is 0 Å². The van der Waals surface area contributed by atoms with Crippen molar-refractivity contribution in [1.82, 2.24) is 25.4 Å². The van der Waals surface area contributed by atoms with Crippen LogP contribution in [0.2, 0.25) is 0 Å². The molecule has 4 rings (SSSR count). The summed E-state index contributed by atoms with van der Waals surface area (Å²) in [5, 5.41) is 29.1. The van der Waals surface area contributed by atoms with E-state index in [1.165, 1.54) is 11.3 Å². The SMILES string of the molecule is CCC(C)[C@H](NC(=O)[C@H]1CCCCN1C)C(=O)N(C)C(C[C@@H](O)c1nc(C(=O)N[C@@H](Cc2ccc(-c3ccccc3)cc2)C[C@H](C)C(=O)O)cs1)C(C)C. The molecule has 2 heterocycles. The van der Waals surface area contributed by atoms with Gasteiger partial charge in [-0.2, -0.15) is 0 Å². The number of likely N-dealkylation sites (tertiary alicyclic amines) is 1. The van der Waals surface area contributed by atoms with Crippen LogP contribution >= 0.6 is 11.3 Å². The quantitative estimate of drug-likeness (QED) is 0.120. The molecule has 1 aliphatic heterocycles. The average Bonchev–Trinajstić information content (AvgIpc) is 3.67. The number of aliphatic hydroxyl groups is 1. The number of piperidine rings is 1. The molecule has 1 fully saturated rings. The molecule has 54 heavy (non-hydrogen) atoms. The fraction of sp³-hybridized carbons (Fsp3) is 0.548. The Morgan fingerprint density at radius 1 is 0.963 bits per heavy atom. The zero-order valence-corrected chi connectivity index (χ0v) is 33.6. The molecule has 294 valence electrons. The lowest BCUT2D eigenvalue weighted by Gasteiger charge is -2.38. The van der Waals surface area contributed by atoms with E-state index in [4.69, 9.17) is 0 Å². The van der Waals surface area contributed by atoms with E-state index in [2.05, 4.69) is 20.5 Å². The topological polar surface area (TPSA) is 152 Å². The lowest BCUT2D eigenvalue weighted by molar-refractivity contribution is -0.141. The first-order valence-corrected chi connectivity index (χ1v) is 20.2. The highest BCUT2D eigenvalue weighted by Gasteiger charge is 2.36. The number of hydrogen-bond acceptors (Lipinski definition) is 8. The maximum atomic E-state index is 14.0. The van der Waals surface area contributed by atoms with Gasteiger partial charge in [0.1, 0.15) is 22.8 Å². The summed E-state index contributed by atoms with van der Waals surface area (Å²) in [5.74, 6) is -2.50. The zero-order chi connectivity index (χ0) is 39.5. The number of amides is 3. The fourth-order valence-corrected chi connectivity index (χ4v) is 8.00. The van der Waals surface area contributed by atoms with Crippen LogP contribution in [-0.4, -0.2) is 93.5 Å². The van der Waals surface area contributed by atoms with E-state index in [1.54, 1.807) is 24.3 Å². The highest BCUT2D eigenvalue weighted by Crippen LogP contribution is 2.28. The lowest BCUT2D eigenvalue weighted by atomic mass is 9.92. The van der Waals surface area contributed by atoms with Gasteiger partial charge in [0.15, 0.2) is 0 Å². The Morgan fingerprint density at radius 2 is 1.63 bits per heavy atom. The largest absolute Gasteiger partial charge is 0.481 e. The highest BCUT2D eigenvalue weighted by molar-refractivity contribution is 7.09. The van der Waals surface area contributed by atoms with Crippen molar-refractivity contribution in [3.05, 3.63) is 76.2 Å². The first kappa shape index (κ1) is 42.6. The second-order valence-corrected chi connectivity index (χ2v) is 16.2. The number of likely N-dealkylation sites (N-methyl/N-ethyl adjacent to an activating group) is 2. The Hall–Kier alpha value is -4.13. The number of carboxylic acids is 1. The monoisotopic (exact) mass is 761 g/mol. The first-order valence-electron chi connectivity index (χ1n) is 19.3. The molecule has 0 bridgehead atoms. The minimum Gasteiger partial charge on any atom is -0.481 e. The van der Waals surface area contributed by atoms with Gasteiger partial charge in [0, 0.05) is 30.9 Å². The number of carboxylic acid groups (broad SMARTS) is 1. The van der Waals surface area contributed by atoms with Crippen LogP contribution < -0.4 is 10.6 Å². The predicted molar refractivity (Wildman–Crippen MR) is 213 cm³/mol. The molecule has 2 aromatic carbocycles. The minimum atomic E-state index is -1.04. The third kappa shape index (κ3) is 11.4. The van der Waals surface area contributed by atoms with Crippen molar-refractivity contribution >= 4 is 35.0 Å². The number of aromatic nitrogens is 1. The molecule has 4 N–H and O–H groups in total. The van der Waals surface area contributed by atoms with E-state index in [9.17, 15) is 29.4 Å². The Balaban J connectivity index is 1.43. The Morgan fingerprint density at radius 3 is 2.24 bits per heavy atom. The second kappa shape index (κ2) is 20.0. The van der Waals surface area contributed by atoms with Crippen LogP contribution in [0.1, 0.15) is 100 Å². The van der Waals surface area contributed by atoms with Crippen LogP contribution in [-0.2, 0) is 20.8 Å². The third-order valence-corrected chi connectivity index (χ3v) is 11.9. The normalized spacial score (nSPS) is 18.2.